The molecule has 0 saturated heterocycles. The van der Waals surface area contributed by atoms with Crippen LogP contribution in [0.25, 0.3) is 10.8 Å². The molecule has 1 aromatic heterocycles. The Labute approximate surface area is 225 Å². The van der Waals surface area contributed by atoms with E-state index >= 15 is 0 Å². The zero-order chi connectivity index (χ0) is 26.8. The smallest absolute Gasteiger partial charge is 0.412 e. The number of carbonyl (C=O) groups excluding carboxylic acids is 3. The van der Waals surface area contributed by atoms with Crippen molar-refractivity contribution in [2.75, 3.05) is 26.1 Å². The van der Waals surface area contributed by atoms with Crippen LogP contribution in [-0.2, 0) is 20.8 Å². The first kappa shape index (κ1) is 28.0. The van der Waals surface area contributed by atoms with Gasteiger partial charge in [-0.2, -0.15) is 0 Å². The summed E-state index contributed by atoms with van der Waals surface area (Å²) in [5.74, 6) is -0.0158. The van der Waals surface area contributed by atoms with Crippen LogP contribution in [-0.4, -0.2) is 54.8 Å². The van der Waals surface area contributed by atoms with Crippen LogP contribution < -0.4 is 10.6 Å². The number of carbonyl (C=O) groups is 3. The number of aromatic nitrogens is 1. The minimum absolute atomic E-state index is 0.0948. The van der Waals surface area contributed by atoms with Gasteiger partial charge < -0.3 is 19.7 Å². The zero-order valence-corrected chi connectivity index (χ0v) is 22.0. The molecule has 0 aliphatic carbocycles. The van der Waals surface area contributed by atoms with E-state index in [9.17, 15) is 14.4 Å². The number of fused-ring (bicyclic) bond motifs is 1. The van der Waals surface area contributed by atoms with E-state index in [1.54, 1.807) is 37.5 Å². The fourth-order valence-corrected chi connectivity index (χ4v) is 3.97. The van der Waals surface area contributed by atoms with Gasteiger partial charge in [0.2, 0.25) is 0 Å². The van der Waals surface area contributed by atoms with E-state index in [1.165, 1.54) is 12.0 Å². The molecule has 3 aromatic rings. The number of ether oxygens (including phenoxy) is 2. The SMILES string of the molecule is COC(=O)CCC[C@@H](COC(=O)Nc1cc2ccccc2cn1)N(C)C(=O)NCc1cccc(Cl)c1Cl. The highest BCUT2D eigenvalue weighted by molar-refractivity contribution is 6.42. The van der Waals surface area contributed by atoms with Gasteiger partial charge in [-0.3, -0.25) is 10.1 Å². The molecule has 0 bridgehead atoms. The van der Waals surface area contributed by atoms with Crippen molar-refractivity contribution >= 4 is 57.9 Å². The van der Waals surface area contributed by atoms with Gasteiger partial charge in [0.05, 0.1) is 23.2 Å². The topological polar surface area (TPSA) is 110 Å². The van der Waals surface area contributed by atoms with Crippen molar-refractivity contribution in [1.29, 1.82) is 0 Å². The van der Waals surface area contributed by atoms with E-state index in [1.807, 2.05) is 24.3 Å². The van der Waals surface area contributed by atoms with Gasteiger partial charge in [-0.1, -0.05) is 59.6 Å². The van der Waals surface area contributed by atoms with Gasteiger partial charge in [-0.25, -0.2) is 14.6 Å². The normalized spacial score (nSPS) is 11.5. The number of benzene rings is 2. The molecule has 37 heavy (non-hydrogen) atoms. The maximum Gasteiger partial charge on any atom is 0.412 e. The van der Waals surface area contributed by atoms with Crippen molar-refractivity contribution in [3.63, 3.8) is 0 Å². The molecule has 0 unspecified atom stereocenters. The number of hydrogen-bond donors (Lipinski definition) is 2. The predicted octanol–water partition coefficient (Wildman–Crippen LogP) is 5.64. The van der Waals surface area contributed by atoms with Gasteiger partial charge in [-0.15, -0.1) is 0 Å². The van der Waals surface area contributed by atoms with E-state index < -0.39 is 18.2 Å². The average Bonchev–Trinajstić information content (AvgIpc) is 2.90. The molecule has 2 aromatic carbocycles. The molecule has 1 atom stereocenters. The minimum Gasteiger partial charge on any atom is -0.469 e. The number of anilines is 1. The van der Waals surface area contributed by atoms with Crippen molar-refractivity contribution in [1.82, 2.24) is 15.2 Å². The molecule has 0 spiro atoms. The zero-order valence-electron chi connectivity index (χ0n) is 20.5. The third kappa shape index (κ3) is 8.23. The maximum atomic E-state index is 12.8. The summed E-state index contributed by atoms with van der Waals surface area (Å²) in [7, 11) is 2.90. The Morgan fingerprint density at radius 2 is 1.84 bits per heavy atom. The number of halogens is 2. The van der Waals surface area contributed by atoms with Gasteiger partial charge >= 0.3 is 18.1 Å². The molecule has 0 radical (unpaired) electrons. The Morgan fingerprint density at radius 1 is 1.08 bits per heavy atom. The molecule has 0 saturated carbocycles. The van der Waals surface area contributed by atoms with Gasteiger partial charge in [0.15, 0.2) is 0 Å². The van der Waals surface area contributed by atoms with Crippen LogP contribution in [0.3, 0.4) is 0 Å². The van der Waals surface area contributed by atoms with E-state index in [0.29, 0.717) is 34.3 Å². The highest BCUT2D eigenvalue weighted by Crippen LogP contribution is 2.25. The van der Waals surface area contributed by atoms with Crippen molar-refractivity contribution in [2.24, 2.45) is 0 Å². The van der Waals surface area contributed by atoms with Crippen LogP contribution in [0.2, 0.25) is 10.0 Å². The van der Waals surface area contributed by atoms with Gasteiger partial charge in [-0.05, 0) is 35.9 Å². The van der Waals surface area contributed by atoms with Crippen LogP contribution in [0.15, 0.2) is 54.7 Å². The molecule has 2 N–H and O–H groups in total. The van der Waals surface area contributed by atoms with Crippen LogP contribution >= 0.6 is 23.2 Å². The van der Waals surface area contributed by atoms with Crippen LogP contribution in [0.1, 0.15) is 24.8 Å². The van der Waals surface area contributed by atoms with Crippen molar-refractivity contribution < 1.29 is 23.9 Å². The number of methoxy groups -OCH3 is 1. The summed E-state index contributed by atoms with van der Waals surface area (Å²) < 4.78 is 10.1. The number of pyridine rings is 1. The summed E-state index contributed by atoms with van der Waals surface area (Å²) >= 11 is 12.2. The first-order chi connectivity index (χ1) is 17.8. The number of rotatable bonds is 10. The molecule has 1 heterocycles. The minimum atomic E-state index is -0.708. The molecule has 11 heteroatoms. The monoisotopic (exact) mass is 546 g/mol. The molecule has 3 rings (SSSR count). The van der Waals surface area contributed by atoms with Crippen molar-refractivity contribution in [2.45, 2.75) is 31.8 Å². The van der Waals surface area contributed by atoms with Crippen molar-refractivity contribution in [3.8, 4) is 0 Å². The second-order valence-corrected chi connectivity index (χ2v) is 9.03. The Balaban J connectivity index is 1.60. The Bertz CT molecular complexity index is 1260. The number of likely N-dealkylation sites (N-methyl/N-ethyl adjacent to an activating group) is 1. The summed E-state index contributed by atoms with van der Waals surface area (Å²) in [6.07, 6.45) is 1.96. The Morgan fingerprint density at radius 3 is 2.59 bits per heavy atom. The second-order valence-electron chi connectivity index (χ2n) is 8.24. The molecule has 0 aliphatic heterocycles. The standard InChI is InChI=1S/C26H28Cl2N4O5/c1-32(25(34)30-15-19-9-5-11-21(27)24(19)28)20(10-6-12-23(33)36-2)16-37-26(35)31-22-13-17-7-3-4-8-18(17)14-29-22/h3-5,7-9,11,13-14,20H,6,10,12,15-16H2,1-2H3,(H,30,34)(H,29,31,35)/t20-/m0/s1. The second kappa shape index (κ2) is 13.7. The van der Waals surface area contributed by atoms with Crippen LogP contribution in [0.5, 0.6) is 0 Å². The number of amides is 3. The Hall–Kier alpha value is -3.56. The fourth-order valence-electron chi connectivity index (χ4n) is 3.58. The number of nitrogens with one attached hydrogen (secondary N) is 2. The summed E-state index contributed by atoms with van der Waals surface area (Å²) in [6.45, 7) is 0.0643. The molecule has 0 aliphatic rings. The predicted molar refractivity (Wildman–Crippen MR) is 143 cm³/mol. The van der Waals surface area contributed by atoms with E-state index in [4.69, 9.17) is 27.9 Å². The van der Waals surface area contributed by atoms with Crippen LogP contribution in [0.4, 0.5) is 15.4 Å². The van der Waals surface area contributed by atoms with E-state index in [-0.39, 0.29) is 25.5 Å². The summed E-state index contributed by atoms with van der Waals surface area (Å²) in [6, 6.07) is 13.6. The first-order valence-corrected chi connectivity index (χ1v) is 12.3. The molecule has 3 amide bonds. The number of urea groups is 1. The lowest BCUT2D eigenvalue weighted by atomic mass is 10.1. The number of nitrogens with zero attached hydrogens (tertiary/aromatic N) is 2. The van der Waals surface area contributed by atoms with E-state index in [0.717, 1.165) is 10.8 Å². The summed E-state index contributed by atoms with van der Waals surface area (Å²) in [5, 5.41) is 8.02. The fraction of sp³-hybridized carbons (Fsp3) is 0.308. The van der Waals surface area contributed by atoms with Gasteiger partial charge in [0.25, 0.3) is 0 Å². The first-order valence-electron chi connectivity index (χ1n) is 11.6. The quantitative estimate of drug-likeness (QED) is 0.318. The van der Waals surface area contributed by atoms with Crippen LogP contribution in [0, 0.1) is 0 Å². The van der Waals surface area contributed by atoms with E-state index in [2.05, 4.69) is 20.4 Å². The lowest BCUT2D eigenvalue weighted by Gasteiger charge is -2.28. The lowest BCUT2D eigenvalue weighted by Crippen LogP contribution is -2.46. The van der Waals surface area contributed by atoms with Gasteiger partial charge in [0.1, 0.15) is 12.4 Å². The Kier molecular flexibility index (Phi) is 10.3. The molecule has 0 fully saturated rings. The molecular formula is C26H28Cl2N4O5. The van der Waals surface area contributed by atoms with Gasteiger partial charge in [0, 0.05) is 31.6 Å². The largest absolute Gasteiger partial charge is 0.469 e. The summed E-state index contributed by atoms with van der Waals surface area (Å²) in [5.41, 5.74) is 0.664. The highest BCUT2D eigenvalue weighted by Gasteiger charge is 2.22. The third-order valence-electron chi connectivity index (χ3n) is 5.74. The highest BCUT2D eigenvalue weighted by atomic mass is 35.5. The molecule has 196 valence electrons. The third-order valence-corrected chi connectivity index (χ3v) is 6.60. The molecular weight excluding hydrogens is 519 g/mol. The summed E-state index contributed by atoms with van der Waals surface area (Å²) in [4.78, 5) is 42.5. The maximum absolute atomic E-state index is 12.8. The lowest BCUT2D eigenvalue weighted by molar-refractivity contribution is -0.140. The van der Waals surface area contributed by atoms with Crippen molar-refractivity contribution in [3.05, 3.63) is 70.3 Å². The number of esters is 1. The molecule has 9 nitrogen and oxygen atoms in total. The average molecular weight is 547 g/mol. The number of hydrogen-bond acceptors (Lipinski definition) is 6.